The van der Waals surface area contributed by atoms with Crippen molar-refractivity contribution in [3.05, 3.63) is 0 Å². The smallest absolute Gasteiger partial charge is 0.310 e. The van der Waals surface area contributed by atoms with Crippen molar-refractivity contribution in [1.29, 1.82) is 0 Å². The van der Waals surface area contributed by atoms with Crippen LogP contribution in [-0.4, -0.2) is 134 Å². The van der Waals surface area contributed by atoms with Crippen LogP contribution in [0.25, 0.3) is 0 Å². The molecule has 350 valence electrons. The van der Waals surface area contributed by atoms with E-state index in [0.29, 0.717) is 0 Å². The van der Waals surface area contributed by atoms with Gasteiger partial charge in [-0.25, -0.2) is 0 Å². The van der Waals surface area contributed by atoms with E-state index >= 15 is 0 Å². The molecule has 0 aromatic rings. The maximum Gasteiger partial charge on any atom is 0.310 e. The number of esters is 4. The fraction of sp³-hybridized carbons (Fsp3) is 0.911. The van der Waals surface area contributed by atoms with E-state index < -0.39 is 116 Å². The Morgan fingerprint density at radius 2 is 0.508 bits per heavy atom. The molecule has 0 bridgehead atoms. The Bertz CT molecular complexity index is 1500. The molecular weight excluding hydrogens is 789 g/mol. The van der Waals surface area contributed by atoms with Crippen LogP contribution in [-0.2, 0) is 38.1 Å². The summed E-state index contributed by atoms with van der Waals surface area (Å²) < 4.78 is 25.0. The molecule has 0 spiro atoms. The van der Waals surface area contributed by atoms with Gasteiger partial charge in [-0.2, -0.15) is 20.3 Å². The lowest BCUT2D eigenvalue weighted by Gasteiger charge is -2.51. The summed E-state index contributed by atoms with van der Waals surface area (Å²) in [4.78, 5) is 59.2. The van der Waals surface area contributed by atoms with Crippen LogP contribution in [0.5, 0.6) is 0 Å². The van der Waals surface area contributed by atoms with Crippen molar-refractivity contribution in [3.63, 3.8) is 0 Å². The molecule has 5 aliphatic rings. The van der Waals surface area contributed by atoms with Gasteiger partial charge in [0, 0.05) is 95.7 Å². The molecule has 61 heavy (non-hydrogen) atoms. The number of hydroxylamine groups is 8. The van der Waals surface area contributed by atoms with Gasteiger partial charge in [0.15, 0.2) is 0 Å². The van der Waals surface area contributed by atoms with Gasteiger partial charge in [-0.3, -0.25) is 19.2 Å². The second kappa shape index (κ2) is 16.2. The number of carbonyl (C=O) groups is 4. The van der Waals surface area contributed by atoms with E-state index in [2.05, 4.69) is 0 Å². The number of hydrogen-bond acceptors (Lipinski definition) is 16. The third-order valence-electron chi connectivity index (χ3n) is 14.4. The summed E-state index contributed by atoms with van der Waals surface area (Å²) in [6, 6.07) is 0. The number of ether oxygens (including phenoxy) is 4. The fourth-order valence-corrected chi connectivity index (χ4v) is 12.2. The van der Waals surface area contributed by atoms with E-state index in [4.69, 9.17) is 18.9 Å². The third-order valence-corrected chi connectivity index (χ3v) is 14.4. The summed E-state index contributed by atoms with van der Waals surface area (Å²) in [5.41, 5.74) is -6.23. The normalized spacial score (nSPS) is 33.1. The first-order chi connectivity index (χ1) is 27.4. The number of piperidine rings is 4. The first kappa shape index (κ1) is 49.6. The van der Waals surface area contributed by atoms with E-state index in [9.17, 15) is 40.0 Å². The molecule has 1 saturated carbocycles. The lowest BCUT2D eigenvalue weighted by atomic mass is 9.79. The van der Waals surface area contributed by atoms with Crippen LogP contribution < -0.4 is 0 Å². The van der Waals surface area contributed by atoms with E-state index in [0.717, 1.165) is 0 Å². The molecule has 4 saturated heterocycles. The third kappa shape index (κ3) is 9.96. The average molecular weight is 867 g/mol. The first-order valence-corrected chi connectivity index (χ1v) is 22.2. The van der Waals surface area contributed by atoms with Gasteiger partial charge in [-0.15, -0.1) is 0 Å². The maximum atomic E-state index is 14.9. The minimum atomic E-state index is -1.50. The summed E-state index contributed by atoms with van der Waals surface area (Å²) in [5.74, 6) is -8.85. The summed E-state index contributed by atoms with van der Waals surface area (Å²) in [7, 11) is 0. The molecule has 5 rings (SSSR count). The first-order valence-electron chi connectivity index (χ1n) is 22.2. The van der Waals surface area contributed by atoms with Crippen molar-refractivity contribution < 1.29 is 59.0 Å². The topological polar surface area (TPSA) is 199 Å². The van der Waals surface area contributed by atoms with Crippen molar-refractivity contribution >= 4 is 23.9 Å². The highest BCUT2D eigenvalue weighted by Gasteiger charge is 2.61. The number of hydrogen-bond donors (Lipinski definition) is 4. The highest BCUT2D eigenvalue weighted by molar-refractivity contribution is 5.93. The number of rotatable bonds is 8. The van der Waals surface area contributed by atoms with Crippen molar-refractivity contribution in [1.82, 2.24) is 20.3 Å². The van der Waals surface area contributed by atoms with Crippen LogP contribution in [0.15, 0.2) is 0 Å². The van der Waals surface area contributed by atoms with Crippen molar-refractivity contribution in [3.8, 4) is 0 Å². The van der Waals surface area contributed by atoms with Crippen molar-refractivity contribution in [2.75, 3.05) is 0 Å². The molecule has 0 aromatic carbocycles. The zero-order valence-electron chi connectivity index (χ0n) is 39.8. The maximum absolute atomic E-state index is 14.9. The van der Waals surface area contributed by atoms with Gasteiger partial charge in [0.25, 0.3) is 0 Å². The Morgan fingerprint density at radius 3 is 0.689 bits per heavy atom. The molecular formula is C45H78N4O12. The summed E-state index contributed by atoms with van der Waals surface area (Å²) in [6.45, 7) is 29.4. The fourth-order valence-electron chi connectivity index (χ4n) is 12.2. The van der Waals surface area contributed by atoms with Crippen LogP contribution in [0.4, 0.5) is 0 Å². The Balaban J connectivity index is 1.55. The summed E-state index contributed by atoms with van der Waals surface area (Å²) in [5, 5.41) is 49.1. The SMILES string of the molecule is CC1(C)CC(OC(=O)C2CC(C(=O)OC3CC(C)(C)N(O)C(C)(C)C3)C(C(=O)OC3CC(C)(C)N(O)C(C)(C)C3)C2C(=O)OC2CC(C)(C)N(O)C(C)(C)C2)CC(C)(C)N1O. The van der Waals surface area contributed by atoms with Gasteiger partial charge in [-0.1, -0.05) is 0 Å². The molecule has 4 N–H and O–H groups in total. The molecule has 4 heterocycles. The van der Waals surface area contributed by atoms with Crippen LogP contribution in [0, 0.1) is 23.7 Å². The van der Waals surface area contributed by atoms with Gasteiger partial charge in [0.1, 0.15) is 24.4 Å². The molecule has 0 aromatic heterocycles. The minimum Gasteiger partial charge on any atom is -0.462 e. The molecule has 5 fully saturated rings. The van der Waals surface area contributed by atoms with Crippen molar-refractivity contribution in [2.24, 2.45) is 23.7 Å². The summed E-state index contributed by atoms with van der Waals surface area (Å²) in [6.07, 6.45) is -0.849. The van der Waals surface area contributed by atoms with Gasteiger partial charge < -0.3 is 39.8 Å². The zero-order valence-corrected chi connectivity index (χ0v) is 39.8. The Hall–Kier alpha value is -2.44. The summed E-state index contributed by atoms with van der Waals surface area (Å²) >= 11 is 0. The monoisotopic (exact) mass is 867 g/mol. The van der Waals surface area contributed by atoms with Gasteiger partial charge in [0.05, 0.1) is 23.7 Å². The van der Waals surface area contributed by atoms with Gasteiger partial charge >= 0.3 is 23.9 Å². The molecule has 4 unspecified atom stereocenters. The number of nitrogens with zero attached hydrogens (tertiary/aromatic N) is 4. The molecule has 1 aliphatic carbocycles. The Labute approximate surface area is 363 Å². The van der Waals surface area contributed by atoms with Crippen LogP contribution in [0.2, 0.25) is 0 Å². The average Bonchev–Trinajstić information content (AvgIpc) is 3.48. The predicted molar refractivity (Wildman–Crippen MR) is 222 cm³/mol. The van der Waals surface area contributed by atoms with Crippen LogP contribution in [0.1, 0.15) is 169 Å². The molecule has 0 radical (unpaired) electrons. The predicted octanol–water partition coefficient (Wildman–Crippen LogP) is 6.67. The van der Waals surface area contributed by atoms with E-state index in [1.54, 1.807) is 0 Å². The highest BCUT2D eigenvalue weighted by atomic mass is 16.6. The van der Waals surface area contributed by atoms with E-state index in [1.807, 2.05) is 111 Å². The second-order valence-corrected chi connectivity index (χ2v) is 24.1. The van der Waals surface area contributed by atoms with Gasteiger partial charge in [0.2, 0.25) is 0 Å². The van der Waals surface area contributed by atoms with E-state index in [-0.39, 0.29) is 57.8 Å². The molecule has 16 nitrogen and oxygen atoms in total. The molecule has 4 aliphatic heterocycles. The van der Waals surface area contributed by atoms with E-state index in [1.165, 1.54) is 20.3 Å². The highest BCUT2D eigenvalue weighted by Crippen LogP contribution is 2.49. The largest absolute Gasteiger partial charge is 0.462 e. The quantitative estimate of drug-likeness (QED) is 0.149. The van der Waals surface area contributed by atoms with Crippen LogP contribution >= 0.6 is 0 Å². The Kier molecular flexibility index (Phi) is 13.2. The van der Waals surface area contributed by atoms with Crippen LogP contribution in [0.3, 0.4) is 0 Å². The van der Waals surface area contributed by atoms with Gasteiger partial charge in [-0.05, 0) is 117 Å². The molecule has 0 amide bonds. The standard InChI is InChI=1S/C45H78N4O12/c1-38(2)18-26(19-39(3,4)46(38)54)58-34(50)30-17-31(35(51)59-27-20-40(5,6)47(55)41(7,8)21-27)33(37(53)61-29-24-44(13,14)49(57)45(15,16)25-29)32(30)36(52)60-28-22-42(9,10)48(56)43(11,12)23-28/h26-33,54-57H,17-25H2,1-16H3. The minimum absolute atomic E-state index is 0.254. The number of carbonyl (C=O) groups excluding carboxylic acids is 4. The van der Waals surface area contributed by atoms with Crippen molar-refractivity contribution in [2.45, 2.75) is 237 Å². The lowest BCUT2D eigenvalue weighted by molar-refractivity contribution is -0.262. The second-order valence-electron chi connectivity index (χ2n) is 24.1. The lowest BCUT2D eigenvalue weighted by Crippen LogP contribution is -2.61. The molecule has 16 heteroatoms. The Morgan fingerprint density at radius 1 is 0.344 bits per heavy atom. The molecule has 4 atom stereocenters. The zero-order chi connectivity index (χ0) is 46.4.